The van der Waals surface area contributed by atoms with Gasteiger partial charge in [-0.1, -0.05) is 36.8 Å². The van der Waals surface area contributed by atoms with Crippen molar-refractivity contribution in [3.05, 3.63) is 65.2 Å². The molecule has 0 saturated carbocycles. The van der Waals surface area contributed by atoms with Crippen molar-refractivity contribution in [1.82, 2.24) is 10.2 Å². The summed E-state index contributed by atoms with van der Waals surface area (Å²) in [5.41, 5.74) is 0.789. The highest BCUT2D eigenvalue weighted by molar-refractivity contribution is 7.92. The van der Waals surface area contributed by atoms with Gasteiger partial charge < -0.3 is 5.32 Å². The fourth-order valence-electron chi connectivity index (χ4n) is 4.20. The molecule has 0 spiro atoms. The smallest absolute Gasteiger partial charge is 0.350 e. The summed E-state index contributed by atoms with van der Waals surface area (Å²) in [4.78, 5) is 15.3. The van der Waals surface area contributed by atoms with Crippen molar-refractivity contribution in [1.29, 1.82) is 0 Å². The van der Waals surface area contributed by atoms with E-state index in [0.717, 1.165) is 72.4 Å². The zero-order valence-electron chi connectivity index (χ0n) is 19.3. The van der Waals surface area contributed by atoms with Gasteiger partial charge in [-0.3, -0.25) is 14.0 Å². The molecule has 1 atom stereocenters. The van der Waals surface area contributed by atoms with E-state index >= 15 is 0 Å². The average Bonchev–Trinajstić information content (AvgIpc) is 2.78. The minimum Gasteiger partial charge on any atom is -0.350 e. The quantitative estimate of drug-likeness (QED) is 0.595. The molecule has 186 valence electrons. The van der Waals surface area contributed by atoms with Crippen molar-refractivity contribution >= 4 is 21.6 Å². The summed E-state index contributed by atoms with van der Waals surface area (Å²) in [6.07, 6.45) is -0.219. The first kappa shape index (κ1) is 26.0. The zero-order valence-corrected chi connectivity index (χ0v) is 20.1. The van der Waals surface area contributed by atoms with Crippen LogP contribution >= 0.6 is 0 Å². The number of piperidine rings is 1. The number of amides is 1. The van der Waals surface area contributed by atoms with Crippen molar-refractivity contribution in [3.8, 4) is 0 Å². The average molecular weight is 498 g/mol. The molecule has 0 aromatic heterocycles. The Bertz CT molecular complexity index is 1100. The van der Waals surface area contributed by atoms with Crippen LogP contribution in [0.3, 0.4) is 0 Å². The van der Waals surface area contributed by atoms with Crippen LogP contribution in [-0.4, -0.2) is 44.6 Å². The summed E-state index contributed by atoms with van der Waals surface area (Å²) >= 11 is 0. The first-order chi connectivity index (χ1) is 16.0. The summed E-state index contributed by atoms with van der Waals surface area (Å²) in [7, 11) is -4.04. The highest BCUT2D eigenvalue weighted by Crippen LogP contribution is 2.32. The van der Waals surface area contributed by atoms with E-state index in [4.69, 9.17) is 0 Å². The van der Waals surface area contributed by atoms with Gasteiger partial charge in [0.1, 0.15) is 6.04 Å². The van der Waals surface area contributed by atoms with Gasteiger partial charge in [-0.25, -0.2) is 8.42 Å². The van der Waals surface area contributed by atoms with E-state index in [2.05, 4.69) is 10.2 Å². The molecule has 6 nitrogen and oxygen atoms in total. The highest BCUT2D eigenvalue weighted by Gasteiger charge is 2.34. The maximum absolute atomic E-state index is 13.2. The number of hydrogen-bond acceptors (Lipinski definition) is 4. The molecule has 3 rings (SSSR count). The number of hydrogen-bond donors (Lipinski definition) is 1. The number of alkyl halides is 3. The van der Waals surface area contributed by atoms with Crippen LogP contribution in [0, 0.1) is 0 Å². The predicted molar refractivity (Wildman–Crippen MR) is 126 cm³/mol. The Morgan fingerprint density at radius 2 is 1.71 bits per heavy atom. The van der Waals surface area contributed by atoms with Crippen molar-refractivity contribution in [2.45, 2.75) is 51.5 Å². The minimum atomic E-state index is -4.64. The molecule has 1 N–H and O–H groups in total. The lowest BCUT2D eigenvalue weighted by Crippen LogP contribution is -2.47. The number of benzene rings is 2. The summed E-state index contributed by atoms with van der Waals surface area (Å²) in [5, 5.41) is 2.76. The van der Waals surface area contributed by atoms with E-state index in [9.17, 15) is 26.4 Å². The molecule has 1 heterocycles. The van der Waals surface area contributed by atoms with Crippen molar-refractivity contribution in [3.63, 3.8) is 0 Å². The van der Waals surface area contributed by atoms with E-state index in [-0.39, 0.29) is 12.2 Å². The van der Waals surface area contributed by atoms with Crippen molar-refractivity contribution in [2.75, 3.05) is 23.7 Å². The van der Waals surface area contributed by atoms with Crippen LogP contribution in [0.5, 0.6) is 0 Å². The molecule has 1 saturated heterocycles. The number of halogens is 3. The van der Waals surface area contributed by atoms with Crippen molar-refractivity contribution < 1.29 is 26.4 Å². The molecule has 0 bridgehead atoms. The van der Waals surface area contributed by atoms with E-state index in [1.54, 1.807) is 0 Å². The van der Waals surface area contributed by atoms with Gasteiger partial charge >= 0.3 is 6.18 Å². The summed E-state index contributed by atoms with van der Waals surface area (Å²) in [5.74, 6) is -0.601. The molecule has 1 aliphatic rings. The maximum atomic E-state index is 13.2. The molecule has 1 amide bonds. The fraction of sp³-hybridized carbons (Fsp3) is 0.458. The van der Waals surface area contributed by atoms with Gasteiger partial charge in [-0.2, -0.15) is 13.2 Å². The lowest BCUT2D eigenvalue weighted by atomic mass is 10.0. The van der Waals surface area contributed by atoms with Gasteiger partial charge in [0.2, 0.25) is 15.9 Å². The first-order valence-corrected chi connectivity index (χ1v) is 13.0. The molecule has 0 radical (unpaired) electrons. The topological polar surface area (TPSA) is 69.7 Å². The summed E-state index contributed by atoms with van der Waals surface area (Å²) < 4.78 is 65.1. The Morgan fingerprint density at radius 3 is 2.32 bits per heavy atom. The molecule has 1 fully saturated rings. The number of carbonyl (C=O) groups excluding carboxylic acids is 1. The number of likely N-dealkylation sites (tertiary alicyclic amines) is 1. The normalized spacial score (nSPS) is 16.1. The molecule has 0 unspecified atom stereocenters. The molecular formula is C24H30F3N3O3S. The number of carbonyl (C=O) groups is 1. The largest absolute Gasteiger partial charge is 0.416 e. The van der Waals surface area contributed by atoms with E-state index in [1.165, 1.54) is 19.4 Å². The van der Waals surface area contributed by atoms with Crippen LogP contribution < -0.4 is 9.62 Å². The number of rotatable bonds is 8. The lowest BCUT2D eigenvalue weighted by Gasteiger charge is -2.29. The second-order valence-corrected chi connectivity index (χ2v) is 10.5. The Balaban J connectivity index is 1.75. The van der Waals surface area contributed by atoms with Crippen LogP contribution in [0.1, 0.15) is 42.9 Å². The Hall–Kier alpha value is -2.59. The van der Waals surface area contributed by atoms with Gasteiger partial charge in [-0.05, 0) is 62.2 Å². The summed E-state index contributed by atoms with van der Waals surface area (Å²) in [6, 6.07) is 10.4. The fourth-order valence-corrected chi connectivity index (χ4v) is 5.37. The standard InChI is InChI=1S/C24H30F3N3O3S/c1-18(30(34(2,32)33)22-12-8-11-21(15-22)24(25,26)27)23(31)28-16-19-9-4-5-10-20(19)17-29-13-6-3-7-14-29/h4-5,8-12,15,18H,3,6-7,13-14,16-17H2,1-2H3,(H,28,31)/t18-/m0/s1. The Morgan fingerprint density at radius 1 is 1.06 bits per heavy atom. The second-order valence-electron chi connectivity index (χ2n) is 8.61. The van der Waals surface area contributed by atoms with Gasteiger partial charge in [0.25, 0.3) is 0 Å². The molecule has 2 aromatic rings. The number of nitrogens with one attached hydrogen (secondary N) is 1. The number of nitrogens with zero attached hydrogens (tertiary/aromatic N) is 2. The minimum absolute atomic E-state index is 0.188. The molecular weight excluding hydrogens is 467 g/mol. The number of anilines is 1. The Kier molecular flexibility index (Phi) is 8.25. The van der Waals surface area contributed by atoms with Crippen LogP contribution in [0.25, 0.3) is 0 Å². The van der Waals surface area contributed by atoms with Gasteiger partial charge in [0.05, 0.1) is 17.5 Å². The first-order valence-electron chi connectivity index (χ1n) is 11.2. The third-order valence-corrected chi connectivity index (χ3v) is 7.17. The van der Waals surface area contributed by atoms with Crippen LogP contribution in [0.15, 0.2) is 48.5 Å². The van der Waals surface area contributed by atoms with Crippen molar-refractivity contribution in [2.24, 2.45) is 0 Å². The van der Waals surface area contributed by atoms with E-state index in [0.29, 0.717) is 0 Å². The molecule has 10 heteroatoms. The van der Waals surface area contributed by atoms with Crippen LogP contribution in [0.4, 0.5) is 18.9 Å². The van der Waals surface area contributed by atoms with E-state index < -0.39 is 33.7 Å². The van der Waals surface area contributed by atoms with Crippen LogP contribution in [0.2, 0.25) is 0 Å². The second kappa shape index (κ2) is 10.8. The Labute approximate surface area is 198 Å². The van der Waals surface area contributed by atoms with E-state index in [1.807, 2.05) is 24.3 Å². The SMILES string of the molecule is C[C@@H](C(=O)NCc1ccccc1CN1CCCCC1)N(c1cccc(C(F)(F)F)c1)S(C)(=O)=O. The molecule has 0 aliphatic carbocycles. The van der Waals surface area contributed by atoms with Crippen LogP contribution in [-0.2, 0) is 34.1 Å². The van der Waals surface area contributed by atoms with Gasteiger partial charge in [0.15, 0.2) is 0 Å². The molecule has 34 heavy (non-hydrogen) atoms. The monoisotopic (exact) mass is 497 g/mol. The predicted octanol–water partition coefficient (Wildman–Crippen LogP) is 4.16. The lowest BCUT2D eigenvalue weighted by molar-refractivity contribution is -0.137. The number of sulfonamides is 1. The third-order valence-electron chi connectivity index (χ3n) is 5.93. The third kappa shape index (κ3) is 6.73. The van der Waals surface area contributed by atoms with Gasteiger partial charge in [-0.15, -0.1) is 0 Å². The highest BCUT2D eigenvalue weighted by atomic mass is 32.2. The zero-order chi connectivity index (χ0) is 24.9. The summed E-state index contributed by atoms with van der Waals surface area (Å²) in [6.45, 7) is 4.36. The maximum Gasteiger partial charge on any atom is 0.416 e. The molecule has 2 aromatic carbocycles. The molecule has 1 aliphatic heterocycles. The van der Waals surface area contributed by atoms with Gasteiger partial charge in [0, 0.05) is 13.1 Å².